The van der Waals surface area contributed by atoms with E-state index in [-0.39, 0.29) is 6.04 Å². The van der Waals surface area contributed by atoms with Gasteiger partial charge in [0.25, 0.3) is 11.8 Å². The van der Waals surface area contributed by atoms with Gasteiger partial charge in [-0.25, -0.2) is 18.4 Å². The van der Waals surface area contributed by atoms with Gasteiger partial charge in [0.05, 0.1) is 0 Å². The molecule has 0 saturated heterocycles. The first-order valence-corrected chi connectivity index (χ1v) is 9.08. The second-order valence-electron chi connectivity index (χ2n) is 6.73. The van der Waals surface area contributed by atoms with Gasteiger partial charge in [-0.2, -0.15) is 0 Å². The topological polar surface area (TPSA) is 114 Å². The molecule has 1 rings (SSSR count). The molecule has 0 aliphatic rings. The van der Waals surface area contributed by atoms with Gasteiger partial charge in [0.1, 0.15) is 23.2 Å². The Balaban J connectivity index is 2.68. The largest absolute Gasteiger partial charge is 0.454 e. The van der Waals surface area contributed by atoms with E-state index in [0.717, 1.165) is 18.2 Å². The molecule has 0 saturated carbocycles. The second-order valence-corrected chi connectivity index (χ2v) is 6.73. The van der Waals surface area contributed by atoms with Crippen LogP contribution in [0.4, 0.5) is 13.6 Å². The lowest BCUT2D eigenvalue weighted by molar-refractivity contribution is -0.151. The number of nitrogens with one attached hydrogen (secondary N) is 3. The Labute approximate surface area is 167 Å². The normalized spacial score (nSPS) is 12.7. The third-order valence-electron chi connectivity index (χ3n) is 3.99. The van der Waals surface area contributed by atoms with E-state index in [1.165, 1.54) is 0 Å². The molecule has 8 nitrogen and oxygen atoms in total. The maximum absolute atomic E-state index is 13.7. The number of hydrogen-bond acceptors (Lipinski definition) is 5. The van der Waals surface area contributed by atoms with E-state index >= 15 is 0 Å². The van der Waals surface area contributed by atoms with Gasteiger partial charge >= 0.3 is 12.0 Å². The van der Waals surface area contributed by atoms with Gasteiger partial charge in [-0.1, -0.05) is 26.8 Å². The molecule has 1 aromatic carbocycles. The van der Waals surface area contributed by atoms with Crippen molar-refractivity contribution < 1.29 is 32.7 Å². The summed E-state index contributed by atoms with van der Waals surface area (Å²) in [5.41, 5.74) is -0.828. The Morgan fingerprint density at radius 2 is 1.62 bits per heavy atom. The van der Waals surface area contributed by atoms with Crippen molar-refractivity contribution in [3.63, 3.8) is 0 Å². The summed E-state index contributed by atoms with van der Waals surface area (Å²) in [7, 11) is 0. The molecule has 1 aromatic rings. The summed E-state index contributed by atoms with van der Waals surface area (Å²) in [5, 5.41) is 6.71. The van der Waals surface area contributed by atoms with E-state index in [9.17, 15) is 28.0 Å². The van der Waals surface area contributed by atoms with Crippen LogP contribution in [0, 0.1) is 17.6 Å². The quantitative estimate of drug-likeness (QED) is 0.563. The zero-order chi connectivity index (χ0) is 22.1. The first-order valence-electron chi connectivity index (χ1n) is 9.08. The minimum Gasteiger partial charge on any atom is -0.454 e. The van der Waals surface area contributed by atoms with Gasteiger partial charge in [0, 0.05) is 6.04 Å². The lowest BCUT2D eigenvalue weighted by Gasteiger charge is -2.21. The fourth-order valence-corrected chi connectivity index (χ4v) is 2.18. The molecule has 0 aromatic heterocycles. The maximum atomic E-state index is 13.7. The van der Waals surface area contributed by atoms with Crippen LogP contribution in [0.3, 0.4) is 0 Å². The van der Waals surface area contributed by atoms with Crippen molar-refractivity contribution in [3.05, 3.63) is 35.4 Å². The van der Waals surface area contributed by atoms with Gasteiger partial charge < -0.3 is 15.4 Å². The van der Waals surface area contributed by atoms with E-state index < -0.39 is 59.6 Å². The summed E-state index contributed by atoms with van der Waals surface area (Å²) < 4.78 is 32.3. The van der Waals surface area contributed by atoms with E-state index in [0.29, 0.717) is 6.42 Å². The molecule has 0 aliphatic heterocycles. The number of amides is 4. The lowest BCUT2D eigenvalue weighted by atomic mass is 10.0. The Hall–Kier alpha value is -3.04. The van der Waals surface area contributed by atoms with E-state index in [2.05, 4.69) is 10.6 Å². The van der Waals surface area contributed by atoms with Crippen LogP contribution in [-0.2, 0) is 14.3 Å². The number of carbonyl (C=O) groups excluding carboxylic acids is 4. The number of rotatable bonds is 8. The smallest absolute Gasteiger partial charge is 0.329 e. The minimum atomic E-state index is -1.26. The number of esters is 1. The lowest BCUT2D eigenvalue weighted by Crippen LogP contribution is -2.48. The summed E-state index contributed by atoms with van der Waals surface area (Å²) in [6.45, 7) is 5.98. The standard InChI is InChI=1S/C19H25F2N3O5/c1-5-11(4)22-19(28)23-14(25)9-29-18(27)16(10(2)3)24-17(26)15-12(20)7-6-8-13(15)21/h6-8,10-11,16H,5,9H2,1-4H3,(H,24,26)(H2,22,23,25,28)/t11-,16-/m0/s1. The van der Waals surface area contributed by atoms with Crippen LogP contribution >= 0.6 is 0 Å². The molecular weight excluding hydrogens is 388 g/mol. The van der Waals surface area contributed by atoms with Gasteiger partial charge in [-0.3, -0.25) is 14.9 Å². The van der Waals surface area contributed by atoms with Crippen LogP contribution in [0.5, 0.6) is 0 Å². The van der Waals surface area contributed by atoms with Crippen molar-refractivity contribution in [1.29, 1.82) is 0 Å². The molecular formula is C19H25F2N3O5. The van der Waals surface area contributed by atoms with Gasteiger partial charge in [0.2, 0.25) is 0 Å². The summed E-state index contributed by atoms with van der Waals surface area (Å²) in [4.78, 5) is 47.7. The number of hydrogen-bond donors (Lipinski definition) is 3. The van der Waals surface area contributed by atoms with Crippen molar-refractivity contribution in [2.75, 3.05) is 6.61 Å². The number of urea groups is 1. The molecule has 0 spiro atoms. The first-order chi connectivity index (χ1) is 13.6. The molecule has 0 heterocycles. The van der Waals surface area contributed by atoms with Crippen LogP contribution in [0.1, 0.15) is 44.5 Å². The zero-order valence-corrected chi connectivity index (χ0v) is 16.7. The Kier molecular flexibility index (Phi) is 9.17. The van der Waals surface area contributed by atoms with E-state index in [1.807, 2.05) is 12.2 Å². The highest BCUT2D eigenvalue weighted by molar-refractivity contribution is 5.98. The third kappa shape index (κ3) is 7.47. The predicted molar refractivity (Wildman–Crippen MR) is 99.8 cm³/mol. The molecule has 0 radical (unpaired) electrons. The van der Waals surface area contributed by atoms with Gasteiger partial charge in [-0.05, 0) is 31.4 Å². The maximum Gasteiger partial charge on any atom is 0.329 e. The van der Waals surface area contributed by atoms with Crippen LogP contribution in [0.15, 0.2) is 18.2 Å². The SMILES string of the molecule is CC[C@H](C)NC(=O)NC(=O)COC(=O)[C@@H](NC(=O)c1c(F)cccc1F)C(C)C. The Morgan fingerprint density at radius 1 is 1.03 bits per heavy atom. The average Bonchev–Trinajstić information content (AvgIpc) is 2.63. The monoisotopic (exact) mass is 413 g/mol. The molecule has 3 N–H and O–H groups in total. The summed E-state index contributed by atoms with van der Waals surface area (Å²) >= 11 is 0. The fraction of sp³-hybridized carbons (Fsp3) is 0.474. The number of carbonyl (C=O) groups is 4. The number of imide groups is 1. The minimum absolute atomic E-state index is 0.148. The average molecular weight is 413 g/mol. The molecule has 29 heavy (non-hydrogen) atoms. The van der Waals surface area contributed by atoms with Crippen molar-refractivity contribution in [2.24, 2.45) is 5.92 Å². The summed E-state index contributed by atoms with van der Waals surface area (Å²) in [6, 6.07) is 0.786. The number of ether oxygens (including phenoxy) is 1. The van der Waals surface area contributed by atoms with Crippen molar-refractivity contribution in [1.82, 2.24) is 16.0 Å². The second kappa shape index (κ2) is 11.1. The Bertz CT molecular complexity index is 750. The van der Waals surface area contributed by atoms with Crippen LogP contribution in [-0.4, -0.2) is 42.5 Å². The predicted octanol–water partition coefficient (Wildman–Crippen LogP) is 1.89. The molecule has 160 valence electrons. The molecule has 4 amide bonds. The molecule has 0 bridgehead atoms. The van der Waals surface area contributed by atoms with E-state index in [4.69, 9.17) is 4.74 Å². The number of halogens is 2. The zero-order valence-electron chi connectivity index (χ0n) is 16.7. The highest BCUT2D eigenvalue weighted by Crippen LogP contribution is 2.13. The van der Waals surface area contributed by atoms with Crippen molar-refractivity contribution in [3.8, 4) is 0 Å². The fourth-order valence-electron chi connectivity index (χ4n) is 2.18. The molecule has 2 atom stereocenters. The molecule has 0 aliphatic carbocycles. The van der Waals surface area contributed by atoms with Gasteiger partial charge in [0.15, 0.2) is 6.61 Å². The highest BCUT2D eigenvalue weighted by atomic mass is 19.1. The van der Waals surface area contributed by atoms with Crippen LogP contribution < -0.4 is 16.0 Å². The van der Waals surface area contributed by atoms with Crippen molar-refractivity contribution in [2.45, 2.75) is 46.2 Å². The van der Waals surface area contributed by atoms with E-state index in [1.54, 1.807) is 20.8 Å². The third-order valence-corrected chi connectivity index (χ3v) is 3.99. The summed E-state index contributed by atoms with van der Waals surface area (Å²) in [6.07, 6.45) is 0.662. The van der Waals surface area contributed by atoms with Crippen LogP contribution in [0.2, 0.25) is 0 Å². The van der Waals surface area contributed by atoms with Crippen LogP contribution in [0.25, 0.3) is 0 Å². The van der Waals surface area contributed by atoms with Crippen molar-refractivity contribution >= 4 is 23.8 Å². The highest BCUT2D eigenvalue weighted by Gasteiger charge is 2.29. The summed E-state index contributed by atoms with van der Waals surface area (Å²) in [5.74, 6) is -5.64. The molecule has 0 fully saturated rings. The number of benzene rings is 1. The first kappa shape index (κ1) is 24.0. The van der Waals surface area contributed by atoms with Gasteiger partial charge in [-0.15, -0.1) is 0 Å². The molecule has 10 heteroatoms. The Morgan fingerprint density at radius 3 is 2.14 bits per heavy atom. The molecule has 0 unspecified atom stereocenters.